The van der Waals surface area contributed by atoms with Crippen molar-refractivity contribution in [2.24, 2.45) is 5.73 Å². The lowest BCUT2D eigenvalue weighted by Crippen LogP contribution is -2.14. The molecule has 1 amide bonds. The van der Waals surface area contributed by atoms with Crippen molar-refractivity contribution in [1.82, 2.24) is 9.78 Å². The number of carbonyl (C=O) groups is 1. The van der Waals surface area contributed by atoms with Crippen LogP contribution in [0, 0.1) is 0 Å². The van der Waals surface area contributed by atoms with Crippen molar-refractivity contribution in [1.29, 1.82) is 0 Å². The van der Waals surface area contributed by atoms with Gasteiger partial charge in [-0.3, -0.25) is 4.79 Å². The van der Waals surface area contributed by atoms with E-state index in [2.05, 4.69) is 5.10 Å². The van der Waals surface area contributed by atoms with E-state index in [0.717, 1.165) is 5.69 Å². The van der Waals surface area contributed by atoms with Gasteiger partial charge >= 0.3 is 0 Å². The molecule has 0 aliphatic rings. The summed E-state index contributed by atoms with van der Waals surface area (Å²) < 4.78 is 1.55. The zero-order valence-corrected chi connectivity index (χ0v) is 10.2. The van der Waals surface area contributed by atoms with Gasteiger partial charge in [0.15, 0.2) is 5.69 Å². The van der Waals surface area contributed by atoms with Crippen LogP contribution < -0.4 is 5.73 Å². The summed E-state index contributed by atoms with van der Waals surface area (Å²) in [7, 11) is 0. The molecule has 88 valence electrons. The number of halogens is 2. The summed E-state index contributed by atoms with van der Waals surface area (Å²) in [5.74, 6) is -0.403. The molecule has 0 aliphatic heterocycles. The Morgan fingerprint density at radius 1 is 1.35 bits per heavy atom. The molecule has 4 nitrogen and oxygen atoms in total. The highest BCUT2D eigenvalue weighted by molar-refractivity contribution is 6.30. The SMILES string of the molecule is NC(=O)c1nn(-c2ccc(Cl)cc2)cc1CCl. The van der Waals surface area contributed by atoms with Crippen molar-refractivity contribution in [2.75, 3.05) is 0 Å². The van der Waals surface area contributed by atoms with E-state index in [-0.39, 0.29) is 11.6 Å². The molecule has 17 heavy (non-hydrogen) atoms. The summed E-state index contributed by atoms with van der Waals surface area (Å²) >= 11 is 11.5. The molecule has 0 saturated carbocycles. The first-order chi connectivity index (χ1) is 8.11. The fourth-order valence-corrected chi connectivity index (χ4v) is 1.76. The molecule has 0 spiro atoms. The number of carbonyl (C=O) groups excluding carboxylic acids is 1. The van der Waals surface area contributed by atoms with Crippen LogP contribution in [-0.2, 0) is 5.88 Å². The maximum Gasteiger partial charge on any atom is 0.269 e. The summed E-state index contributed by atoms with van der Waals surface area (Å²) in [5, 5.41) is 4.73. The van der Waals surface area contributed by atoms with E-state index in [1.165, 1.54) is 0 Å². The Morgan fingerprint density at radius 2 is 2.00 bits per heavy atom. The average Bonchev–Trinajstić information content (AvgIpc) is 2.74. The minimum Gasteiger partial charge on any atom is -0.364 e. The van der Waals surface area contributed by atoms with Crippen LogP contribution in [0.4, 0.5) is 0 Å². The Hall–Kier alpha value is -1.52. The van der Waals surface area contributed by atoms with E-state index in [4.69, 9.17) is 28.9 Å². The van der Waals surface area contributed by atoms with Gasteiger partial charge in [0, 0.05) is 16.8 Å². The van der Waals surface area contributed by atoms with Gasteiger partial charge in [-0.1, -0.05) is 11.6 Å². The Morgan fingerprint density at radius 3 is 2.47 bits per heavy atom. The number of rotatable bonds is 3. The highest BCUT2D eigenvalue weighted by atomic mass is 35.5. The van der Waals surface area contributed by atoms with Crippen molar-refractivity contribution in [3.05, 3.63) is 46.7 Å². The molecule has 0 saturated heterocycles. The molecule has 0 bridgehead atoms. The normalized spacial score (nSPS) is 10.5. The third-order valence-electron chi connectivity index (χ3n) is 2.26. The van der Waals surface area contributed by atoms with E-state index in [0.29, 0.717) is 10.6 Å². The fraction of sp³-hybridized carbons (Fsp3) is 0.0909. The van der Waals surface area contributed by atoms with Crippen LogP contribution in [0.3, 0.4) is 0 Å². The molecule has 2 N–H and O–H groups in total. The van der Waals surface area contributed by atoms with Crippen LogP contribution in [0.25, 0.3) is 5.69 Å². The van der Waals surface area contributed by atoms with E-state index in [9.17, 15) is 4.79 Å². The van der Waals surface area contributed by atoms with E-state index in [1.54, 1.807) is 35.1 Å². The van der Waals surface area contributed by atoms with Gasteiger partial charge in [0.05, 0.1) is 11.6 Å². The maximum absolute atomic E-state index is 11.1. The zero-order chi connectivity index (χ0) is 12.4. The minimum absolute atomic E-state index is 0.186. The standard InChI is InChI=1S/C11H9Cl2N3O/c12-5-7-6-16(15-10(7)11(14)17)9-3-1-8(13)2-4-9/h1-4,6H,5H2,(H2,14,17). The Bertz CT molecular complexity index is 548. The number of alkyl halides is 1. The predicted octanol–water partition coefficient (Wildman–Crippen LogP) is 2.36. The van der Waals surface area contributed by atoms with Crippen molar-refractivity contribution < 1.29 is 4.79 Å². The number of hydrogen-bond acceptors (Lipinski definition) is 2. The topological polar surface area (TPSA) is 60.9 Å². The lowest BCUT2D eigenvalue weighted by Gasteiger charge is -2.00. The molecule has 6 heteroatoms. The highest BCUT2D eigenvalue weighted by Gasteiger charge is 2.13. The third kappa shape index (κ3) is 2.43. The summed E-state index contributed by atoms with van der Waals surface area (Å²) in [6.45, 7) is 0. The summed E-state index contributed by atoms with van der Waals surface area (Å²) in [5.41, 5.74) is 6.79. The molecule has 0 aliphatic carbocycles. The quantitative estimate of drug-likeness (QED) is 0.870. The van der Waals surface area contributed by atoms with Gasteiger partial charge in [-0.05, 0) is 24.3 Å². The Kier molecular flexibility index (Phi) is 3.36. The monoisotopic (exact) mass is 269 g/mol. The lowest BCUT2D eigenvalue weighted by molar-refractivity contribution is 0.0994. The second-order valence-corrected chi connectivity index (χ2v) is 4.13. The molecule has 2 aromatic rings. The van der Waals surface area contributed by atoms with E-state index in [1.807, 2.05) is 0 Å². The Balaban J connectivity index is 2.46. The van der Waals surface area contributed by atoms with Gasteiger partial charge in [0.25, 0.3) is 5.91 Å². The van der Waals surface area contributed by atoms with E-state index < -0.39 is 5.91 Å². The maximum atomic E-state index is 11.1. The van der Waals surface area contributed by atoms with Crippen molar-refractivity contribution in [3.63, 3.8) is 0 Å². The van der Waals surface area contributed by atoms with Crippen molar-refractivity contribution in [2.45, 2.75) is 5.88 Å². The minimum atomic E-state index is -0.589. The number of benzene rings is 1. The molecule has 0 unspecified atom stereocenters. The van der Waals surface area contributed by atoms with Gasteiger partial charge in [0.2, 0.25) is 0 Å². The number of hydrogen-bond donors (Lipinski definition) is 1. The first-order valence-corrected chi connectivity index (χ1v) is 5.73. The molecule has 1 heterocycles. The van der Waals surface area contributed by atoms with Crippen LogP contribution in [-0.4, -0.2) is 15.7 Å². The van der Waals surface area contributed by atoms with Crippen molar-refractivity contribution in [3.8, 4) is 5.69 Å². The number of aromatic nitrogens is 2. The van der Waals surface area contributed by atoms with Gasteiger partial charge < -0.3 is 5.73 Å². The van der Waals surface area contributed by atoms with Crippen LogP contribution in [0.15, 0.2) is 30.5 Å². The van der Waals surface area contributed by atoms with Gasteiger partial charge in [0.1, 0.15) is 0 Å². The zero-order valence-electron chi connectivity index (χ0n) is 8.73. The first kappa shape index (κ1) is 12.0. The molecular formula is C11H9Cl2N3O. The number of primary amides is 1. The lowest BCUT2D eigenvalue weighted by atomic mass is 10.3. The average molecular weight is 270 g/mol. The van der Waals surface area contributed by atoms with Crippen LogP contribution in [0.5, 0.6) is 0 Å². The fourth-order valence-electron chi connectivity index (χ4n) is 1.44. The van der Waals surface area contributed by atoms with Gasteiger partial charge in [-0.15, -0.1) is 11.6 Å². The van der Waals surface area contributed by atoms with Gasteiger partial charge in [-0.25, -0.2) is 4.68 Å². The van der Waals surface area contributed by atoms with Crippen LogP contribution in [0.2, 0.25) is 5.02 Å². The summed E-state index contributed by atoms with van der Waals surface area (Å²) in [6, 6.07) is 7.06. The van der Waals surface area contributed by atoms with Gasteiger partial charge in [-0.2, -0.15) is 5.10 Å². The molecule has 1 aromatic heterocycles. The summed E-state index contributed by atoms with van der Waals surface area (Å²) in [4.78, 5) is 11.1. The largest absolute Gasteiger partial charge is 0.364 e. The second kappa shape index (κ2) is 4.77. The number of amides is 1. The smallest absolute Gasteiger partial charge is 0.269 e. The van der Waals surface area contributed by atoms with Crippen LogP contribution >= 0.6 is 23.2 Å². The highest BCUT2D eigenvalue weighted by Crippen LogP contribution is 2.16. The summed E-state index contributed by atoms with van der Waals surface area (Å²) in [6.07, 6.45) is 1.68. The molecular weight excluding hydrogens is 261 g/mol. The number of nitrogens with zero attached hydrogens (tertiary/aromatic N) is 2. The predicted molar refractivity (Wildman–Crippen MR) is 66.6 cm³/mol. The molecule has 2 rings (SSSR count). The van der Waals surface area contributed by atoms with Crippen LogP contribution in [0.1, 0.15) is 16.1 Å². The molecule has 0 atom stereocenters. The molecule has 0 fully saturated rings. The second-order valence-electron chi connectivity index (χ2n) is 3.42. The molecule has 1 aromatic carbocycles. The molecule has 0 radical (unpaired) electrons. The Labute approximate surface area is 108 Å². The third-order valence-corrected chi connectivity index (χ3v) is 2.80. The first-order valence-electron chi connectivity index (χ1n) is 4.82. The number of nitrogens with two attached hydrogens (primary N) is 1. The van der Waals surface area contributed by atoms with E-state index >= 15 is 0 Å². The van der Waals surface area contributed by atoms with Crippen molar-refractivity contribution >= 4 is 29.1 Å².